The van der Waals surface area contributed by atoms with Crippen LogP contribution in [0, 0.1) is 5.92 Å². The minimum atomic E-state index is -3.17. The Balaban J connectivity index is 0.00000147. The standard InChI is InChI=1S/C13H25N3O2S.ClH/c17-19(18,15-7-1-2-8-15)16-9-5-13(6-10-16)14-11-12-3-4-12;/h12-14H,1-11H2;1H. The lowest BCUT2D eigenvalue weighted by Gasteiger charge is -2.34. The number of hydrogen-bond acceptors (Lipinski definition) is 3. The molecule has 7 heteroatoms. The van der Waals surface area contributed by atoms with Crippen molar-refractivity contribution in [3.05, 3.63) is 0 Å². The number of nitrogens with one attached hydrogen (secondary N) is 1. The average Bonchev–Trinajstić information content (AvgIpc) is 3.07. The molecule has 0 radical (unpaired) electrons. The highest BCUT2D eigenvalue weighted by molar-refractivity contribution is 7.86. The monoisotopic (exact) mass is 323 g/mol. The summed E-state index contributed by atoms with van der Waals surface area (Å²) < 4.78 is 28.1. The Hall–Kier alpha value is 0.120. The minimum Gasteiger partial charge on any atom is -0.314 e. The fraction of sp³-hybridized carbons (Fsp3) is 1.00. The summed E-state index contributed by atoms with van der Waals surface area (Å²) in [6.07, 6.45) is 6.68. The van der Waals surface area contributed by atoms with E-state index < -0.39 is 10.2 Å². The average molecular weight is 324 g/mol. The molecule has 1 N–H and O–H groups in total. The van der Waals surface area contributed by atoms with Crippen molar-refractivity contribution < 1.29 is 8.42 Å². The van der Waals surface area contributed by atoms with Crippen molar-refractivity contribution in [2.75, 3.05) is 32.7 Å². The molecule has 0 spiro atoms. The van der Waals surface area contributed by atoms with Gasteiger partial charge in [-0.1, -0.05) is 0 Å². The topological polar surface area (TPSA) is 52.7 Å². The molecule has 0 bridgehead atoms. The predicted molar refractivity (Wildman–Crippen MR) is 82.3 cm³/mol. The van der Waals surface area contributed by atoms with Gasteiger partial charge < -0.3 is 5.32 Å². The first-order valence-corrected chi connectivity index (χ1v) is 9.04. The van der Waals surface area contributed by atoms with E-state index in [0.717, 1.165) is 38.1 Å². The van der Waals surface area contributed by atoms with Gasteiger partial charge in [0.25, 0.3) is 10.2 Å². The Kier molecular flexibility index (Phi) is 5.71. The van der Waals surface area contributed by atoms with Crippen LogP contribution in [0.4, 0.5) is 0 Å². The molecule has 0 aromatic heterocycles. The third kappa shape index (κ3) is 3.85. The summed E-state index contributed by atoms with van der Waals surface area (Å²) in [5, 5.41) is 3.59. The maximum absolute atomic E-state index is 12.4. The lowest BCUT2D eigenvalue weighted by molar-refractivity contribution is 0.272. The van der Waals surface area contributed by atoms with Gasteiger partial charge in [0.15, 0.2) is 0 Å². The molecule has 20 heavy (non-hydrogen) atoms. The highest BCUT2D eigenvalue weighted by Gasteiger charge is 2.34. The molecule has 1 aliphatic carbocycles. The lowest BCUT2D eigenvalue weighted by Crippen LogP contribution is -2.49. The molecule has 3 fully saturated rings. The van der Waals surface area contributed by atoms with Crippen LogP contribution in [-0.4, -0.2) is 55.8 Å². The molecule has 0 atom stereocenters. The summed E-state index contributed by atoms with van der Waals surface area (Å²) in [7, 11) is -3.17. The molecule has 0 aromatic carbocycles. The van der Waals surface area contributed by atoms with Crippen LogP contribution in [0.25, 0.3) is 0 Å². The van der Waals surface area contributed by atoms with E-state index in [0.29, 0.717) is 32.2 Å². The number of rotatable bonds is 5. The fourth-order valence-electron chi connectivity index (χ4n) is 3.03. The summed E-state index contributed by atoms with van der Waals surface area (Å²) in [5.41, 5.74) is 0. The van der Waals surface area contributed by atoms with Crippen molar-refractivity contribution >= 4 is 22.6 Å². The summed E-state index contributed by atoms with van der Waals surface area (Å²) in [5.74, 6) is 0.895. The van der Waals surface area contributed by atoms with Gasteiger partial charge in [0.05, 0.1) is 0 Å². The fourth-order valence-corrected chi connectivity index (χ4v) is 4.75. The van der Waals surface area contributed by atoms with Crippen molar-refractivity contribution in [3.8, 4) is 0 Å². The normalized spacial score (nSPS) is 26.6. The Bertz CT molecular complexity index is 400. The van der Waals surface area contributed by atoms with Gasteiger partial charge in [-0.2, -0.15) is 17.0 Å². The molecule has 2 aliphatic heterocycles. The number of piperidine rings is 1. The van der Waals surface area contributed by atoms with Crippen LogP contribution in [0.3, 0.4) is 0 Å². The summed E-state index contributed by atoms with van der Waals surface area (Å²) >= 11 is 0. The molecule has 0 aromatic rings. The second-order valence-corrected chi connectivity index (χ2v) is 8.07. The molecule has 2 heterocycles. The smallest absolute Gasteiger partial charge is 0.281 e. The van der Waals surface area contributed by atoms with Crippen molar-refractivity contribution in [1.29, 1.82) is 0 Å². The van der Waals surface area contributed by atoms with E-state index in [1.807, 2.05) is 0 Å². The summed E-state index contributed by atoms with van der Waals surface area (Å²) in [4.78, 5) is 0. The zero-order chi connectivity index (χ0) is 13.3. The Morgan fingerprint density at radius 1 is 0.900 bits per heavy atom. The molecular formula is C13H26ClN3O2S. The quantitative estimate of drug-likeness (QED) is 0.827. The van der Waals surface area contributed by atoms with Gasteiger partial charge in [-0.3, -0.25) is 0 Å². The van der Waals surface area contributed by atoms with Crippen molar-refractivity contribution in [1.82, 2.24) is 13.9 Å². The summed E-state index contributed by atoms with van der Waals surface area (Å²) in [6.45, 7) is 3.91. The van der Waals surface area contributed by atoms with Crippen LogP contribution in [0.15, 0.2) is 0 Å². The van der Waals surface area contributed by atoms with Crippen molar-refractivity contribution in [3.63, 3.8) is 0 Å². The van der Waals surface area contributed by atoms with E-state index in [-0.39, 0.29) is 12.4 Å². The van der Waals surface area contributed by atoms with Gasteiger partial charge in [0, 0.05) is 32.2 Å². The van der Waals surface area contributed by atoms with Crippen LogP contribution >= 0.6 is 12.4 Å². The predicted octanol–water partition coefficient (Wildman–Crippen LogP) is 1.21. The largest absolute Gasteiger partial charge is 0.314 e. The molecule has 0 unspecified atom stereocenters. The van der Waals surface area contributed by atoms with Gasteiger partial charge >= 0.3 is 0 Å². The van der Waals surface area contributed by atoms with Crippen molar-refractivity contribution in [2.24, 2.45) is 5.92 Å². The number of halogens is 1. The molecule has 5 nitrogen and oxygen atoms in total. The van der Waals surface area contributed by atoms with E-state index in [4.69, 9.17) is 0 Å². The zero-order valence-corrected chi connectivity index (χ0v) is 13.6. The van der Waals surface area contributed by atoms with E-state index in [2.05, 4.69) is 5.32 Å². The van der Waals surface area contributed by atoms with E-state index in [9.17, 15) is 8.42 Å². The van der Waals surface area contributed by atoms with Crippen molar-refractivity contribution in [2.45, 2.75) is 44.6 Å². The minimum absolute atomic E-state index is 0. The van der Waals surface area contributed by atoms with Gasteiger partial charge in [-0.05, 0) is 51.0 Å². The molecule has 3 rings (SSSR count). The Labute approximate surface area is 128 Å². The van der Waals surface area contributed by atoms with E-state index in [1.54, 1.807) is 8.61 Å². The van der Waals surface area contributed by atoms with E-state index in [1.165, 1.54) is 12.8 Å². The highest BCUT2D eigenvalue weighted by atomic mass is 35.5. The Morgan fingerprint density at radius 2 is 1.45 bits per heavy atom. The highest BCUT2D eigenvalue weighted by Crippen LogP contribution is 2.28. The van der Waals surface area contributed by atoms with Crippen LogP contribution in [0.2, 0.25) is 0 Å². The molecule has 118 valence electrons. The van der Waals surface area contributed by atoms with Gasteiger partial charge in [0.1, 0.15) is 0 Å². The van der Waals surface area contributed by atoms with Gasteiger partial charge in [-0.25, -0.2) is 0 Å². The van der Waals surface area contributed by atoms with Crippen LogP contribution < -0.4 is 5.32 Å². The van der Waals surface area contributed by atoms with Gasteiger partial charge in [0.2, 0.25) is 0 Å². The first-order chi connectivity index (χ1) is 9.16. The first kappa shape index (κ1) is 16.5. The third-order valence-corrected chi connectivity index (χ3v) is 6.60. The van der Waals surface area contributed by atoms with E-state index >= 15 is 0 Å². The molecular weight excluding hydrogens is 298 g/mol. The Morgan fingerprint density at radius 3 is 2.00 bits per heavy atom. The molecule has 0 amide bonds. The van der Waals surface area contributed by atoms with Crippen LogP contribution in [-0.2, 0) is 10.2 Å². The maximum Gasteiger partial charge on any atom is 0.281 e. The van der Waals surface area contributed by atoms with Crippen LogP contribution in [0.5, 0.6) is 0 Å². The third-order valence-electron chi connectivity index (χ3n) is 4.56. The second-order valence-electron chi connectivity index (χ2n) is 6.14. The van der Waals surface area contributed by atoms with Gasteiger partial charge in [-0.15, -0.1) is 12.4 Å². The van der Waals surface area contributed by atoms with Crippen LogP contribution in [0.1, 0.15) is 38.5 Å². The number of nitrogens with zero attached hydrogens (tertiary/aromatic N) is 2. The first-order valence-electron chi connectivity index (χ1n) is 7.65. The zero-order valence-electron chi connectivity index (χ0n) is 12.0. The molecule has 1 saturated carbocycles. The SMILES string of the molecule is Cl.O=S(=O)(N1CCCC1)N1CCC(NCC2CC2)CC1. The molecule has 2 saturated heterocycles. The maximum atomic E-state index is 12.4. The second kappa shape index (κ2) is 6.92. The summed E-state index contributed by atoms with van der Waals surface area (Å²) in [6, 6.07) is 0.519. The molecule has 3 aliphatic rings. The number of hydrogen-bond donors (Lipinski definition) is 1. The lowest BCUT2D eigenvalue weighted by atomic mass is 10.1.